The number of amides is 1. The van der Waals surface area contributed by atoms with Crippen molar-refractivity contribution >= 4 is 17.9 Å². The van der Waals surface area contributed by atoms with E-state index in [4.69, 9.17) is 14.9 Å². The van der Waals surface area contributed by atoms with Crippen LogP contribution in [0.2, 0.25) is 0 Å². The predicted octanol–water partition coefficient (Wildman–Crippen LogP) is 0.529. The molecular formula is C10H15N3O4. The highest BCUT2D eigenvalue weighted by Crippen LogP contribution is 2.08. The van der Waals surface area contributed by atoms with Crippen LogP contribution in [0, 0.1) is 0 Å². The van der Waals surface area contributed by atoms with Crippen LogP contribution < -0.4 is 11.1 Å². The molecule has 3 N–H and O–H groups in total. The molecule has 0 aliphatic carbocycles. The fourth-order valence-corrected chi connectivity index (χ4v) is 1.11. The number of hydrogen-bond donors (Lipinski definition) is 2. The summed E-state index contributed by atoms with van der Waals surface area (Å²) in [5, 5.41) is 2.82. The normalized spacial score (nSPS) is 9.94. The van der Waals surface area contributed by atoms with Gasteiger partial charge in [-0.05, 0) is 13.3 Å². The molecule has 1 rings (SSSR count). The molecule has 0 saturated heterocycles. The molecule has 7 heteroatoms. The van der Waals surface area contributed by atoms with E-state index in [1.54, 1.807) is 6.92 Å². The number of hydrogen-bond acceptors (Lipinski definition) is 6. The summed E-state index contributed by atoms with van der Waals surface area (Å²) in [7, 11) is 0. The van der Waals surface area contributed by atoms with Gasteiger partial charge in [0.15, 0.2) is 5.69 Å². The lowest BCUT2D eigenvalue weighted by molar-refractivity contribution is -0.118. The van der Waals surface area contributed by atoms with E-state index < -0.39 is 5.97 Å². The molecule has 1 aromatic rings. The van der Waals surface area contributed by atoms with E-state index in [1.807, 2.05) is 0 Å². The highest BCUT2D eigenvalue weighted by molar-refractivity contribution is 5.87. The molecule has 1 amide bonds. The van der Waals surface area contributed by atoms with E-state index in [0.29, 0.717) is 19.4 Å². The van der Waals surface area contributed by atoms with E-state index in [1.165, 1.54) is 6.26 Å². The first-order chi connectivity index (χ1) is 8.13. The third-order valence-corrected chi connectivity index (χ3v) is 1.86. The Hall–Kier alpha value is -2.05. The Morgan fingerprint density at radius 1 is 1.59 bits per heavy atom. The van der Waals surface area contributed by atoms with Crippen molar-refractivity contribution in [2.45, 2.75) is 19.8 Å². The van der Waals surface area contributed by atoms with E-state index in [0.717, 1.165) is 0 Å². The molecule has 17 heavy (non-hydrogen) atoms. The Morgan fingerprint density at radius 2 is 2.35 bits per heavy atom. The second-order valence-electron chi connectivity index (χ2n) is 3.26. The maximum atomic E-state index is 11.2. The van der Waals surface area contributed by atoms with Gasteiger partial charge in [-0.2, -0.15) is 4.98 Å². The van der Waals surface area contributed by atoms with Crippen LogP contribution in [0.15, 0.2) is 10.7 Å². The first-order valence-electron chi connectivity index (χ1n) is 5.28. The lowest BCUT2D eigenvalue weighted by atomic mass is 10.3. The van der Waals surface area contributed by atoms with Crippen LogP contribution in [0.4, 0.5) is 6.01 Å². The second-order valence-corrected chi connectivity index (χ2v) is 3.26. The summed E-state index contributed by atoms with van der Waals surface area (Å²) in [6.07, 6.45) is 2.08. The zero-order valence-corrected chi connectivity index (χ0v) is 9.56. The molecule has 94 valence electrons. The first kappa shape index (κ1) is 13.0. The Bertz CT molecular complexity index is 389. The smallest absolute Gasteiger partial charge is 0.360 e. The standard InChI is InChI=1S/C10H15N3O4/c1-2-16-9(15)7-6-17-10(13-7)12-5-3-4-8(11)14/h6H,2-5H2,1H3,(H2,11,14)(H,12,13). The number of esters is 1. The van der Waals surface area contributed by atoms with Gasteiger partial charge in [-0.3, -0.25) is 4.79 Å². The van der Waals surface area contributed by atoms with Crippen molar-refractivity contribution < 1.29 is 18.7 Å². The molecule has 0 radical (unpaired) electrons. The fraction of sp³-hybridized carbons (Fsp3) is 0.500. The minimum absolute atomic E-state index is 0.115. The lowest BCUT2D eigenvalue weighted by Gasteiger charge is -1.99. The third kappa shape index (κ3) is 4.54. The number of rotatable bonds is 7. The number of carbonyl (C=O) groups is 2. The SMILES string of the molecule is CCOC(=O)c1coc(NCCCC(N)=O)n1. The molecule has 0 atom stereocenters. The van der Waals surface area contributed by atoms with Crippen LogP contribution >= 0.6 is 0 Å². The number of anilines is 1. The zero-order valence-electron chi connectivity index (χ0n) is 9.56. The van der Waals surface area contributed by atoms with Gasteiger partial charge in [-0.1, -0.05) is 0 Å². The van der Waals surface area contributed by atoms with Gasteiger partial charge < -0.3 is 20.2 Å². The van der Waals surface area contributed by atoms with Crippen LogP contribution in [0.3, 0.4) is 0 Å². The van der Waals surface area contributed by atoms with E-state index in [-0.39, 0.29) is 24.2 Å². The Morgan fingerprint density at radius 3 is 3.00 bits per heavy atom. The summed E-state index contributed by atoms with van der Waals surface area (Å²) in [5.74, 6) is -0.882. The molecule has 0 aromatic carbocycles. The number of nitrogens with one attached hydrogen (secondary N) is 1. The molecule has 0 bridgehead atoms. The molecule has 1 aromatic heterocycles. The average molecular weight is 241 g/mol. The summed E-state index contributed by atoms with van der Waals surface area (Å²) in [5.41, 5.74) is 5.10. The van der Waals surface area contributed by atoms with Crippen LogP contribution in [0.1, 0.15) is 30.3 Å². The quantitative estimate of drug-likeness (QED) is 0.532. The van der Waals surface area contributed by atoms with E-state index >= 15 is 0 Å². The second kappa shape index (κ2) is 6.51. The van der Waals surface area contributed by atoms with Gasteiger partial charge >= 0.3 is 5.97 Å². The van der Waals surface area contributed by atoms with Crippen molar-refractivity contribution in [1.82, 2.24) is 4.98 Å². The summed E-state index contributed by atoms with van der Waals surface area (Å²) >= 11 is 0. The molecule has 0 fully saturated rings. The molecule has 0 aliphatic heterocycles. The topological polar surface area (TPSA) is 107 Å². The molecule has 7 nitrogen and oxygen atoms in total. The Labute approximate surface area is 98.3 Å². The molecule has 0 saturated carbocycles. The van der Waals surface area contributed by atoms with Crippen molar-refractivity contribution in [3.8, 4) is 0 Å². The number of aromatic nitrogens is 1. The van der Waals surface area contributed by atoms with Gasteiger partial charge in [-0.25, -0.2) is 4.79 Å². The number of primary amides is 1. The predicted molar refractivity (Wildman–Crippen MR) is 59.4 cm³/mol. The number of oxazole rings is 1. The number of nitrogens with zero attached hydrogens (tertiary/aromatic N) is 1. The largest absolute Gasteiger partial charge is 0.461 e. The van der Waals surface area contributed by atoms with E-state index in [2.05, 4.69) is 10.3 Å². The highest BCUT2D eigenvalue weighted by Gasteiger charge is 2.12. The van der Waals surface area contributed by atoms with Crippen LogP contribution in [0.25, 0.3) is 0 Å². The monoisotopic (exact) mass is 241 g/mol. The molecule has 1 heterocycles. The molecule has 0 aliphatic rings. The van der Waals surface area contributed by atoms with Gasteiger partial charge in [0, 0.05) is 13.0 Å². The average Bonchev–Trinajstić information content (AvgIpc) is 2.73. The van der Waals surface area contributed by atoms with Crippen molar-refractivity contribution in [2.24, 2.45) is 5.73 Å². The Kier molecular flexibility index (Phi) is 4.99. The lowest BCUT2D eigenvalue weighted by Crippen LogP contribution is -2.12. The number of ether oxygens (including phenoxy) is 1. The maximum absolute atomic E-state index is 11.2. The fourth-order valence-electron chi connectivity index (χ4n) is 1.11. The summed E-state index contributed by atoms with van der Waals surface area (Å²) in [6.45, 7) is 2.49. The van der Waals surface area contributed by atoms with Crippen LogP contribution in [-0.2, 0) is 9.53 Å². The number of carbonyl (C=O) groups excluding carboxylic acids is 2. The minimum Gasteiger partial charge on any atom is -0.461 e. The van der Waals surface area contributed by atoms with Gasteiger partial charge in [0.2, 0.25) is 5.91 Å². The van der Waals surface area contributed by atoms with Gasteiger partial charge in [0.05, 0.1) is 6.61 Å². The van der Waals surface area contributed by atoms with Crippen LogP contribution in [0.5, 0.6) is 0 Å². The van der Waals surface area contributed by atoms with Crippen molar-refractivity contribution in [1.29, 1.82) is 0 Å². The minimum atomic E-state index is -0.526. The zero-order chi connectivity index (χ0) is 12.7. The Balaban J connectivity index is 2.35. The maximum Gasteiger partial charge on any atom is 0.360 e. The van der Waals surface area contributed by atoms with Gasteiger partial charge in [-0.15, -0.1) is 0 Å². The first-order valence-corrected chi connectivity index (χ1v) is 5.28. The van der Waals surface area contributed by atoms with Crippen LogP contribution in [-0.4, -0.2) is 30.0 Å². The summed E-state index contributed by atoms with van der Waals surface area (Å²) < 4.78 is 9.75. The number of nitrogens with two attached hydrogens (primary N) is 1. The molecule has 0 spiro atoms. The summed E-state index contributed by atoms with van der Waals surface area (Å²) in [6, 6.07) is 0.220. The molecule has 0 unspecified atom stereocenters. The van der Waals surface area contributed by atoms with Crippen molar-refractivity contribution in [3.05, 3.63) is 12.0 Å². The van der Waals surface area contributed by atoms with Gasteiger partial charge in [0.1, 0.15) is 6.26 Å². The van der Waals surface area contributed by atoms with E-state index in [9.17, 15) is 9.59 Å². The van der Waals surface area contributed by atoms with Crippen molar-refractivity contribution in [3.63, 3.8) is 0 Å². The molecular weight excluding hydrogens is 226 g/mol. The third-order valence-electron chi connectivity index (χ3n) is 1.86. The van der Waals surface area contributed by atoms with Gasteiger partial charge in [0.25, 0.3) is 6.01 Å². The highest BCUT2D eigenvalue weighted by atomic mass is 16.5. The summed E-state index contributed by atoms with van der Waals surface area (Å²) in [4.78, 5) is 25.6. The van der Waals surface area contributed by atoms with Crippen molar-refractivity contribution in [2.75, 3.05) is 18.5 Å².